The summed E-state index contributed by atoms with van der Waals surface area (Å²) in [6.07, 6.45) is 0.997. The van der Waals surface area contributed by atoms with Gasteiger partial charge in [0.2, 0.25) is 17.0 Å². The number of nitrogens with two attached hydrogens (primary N) is 1. The normalized spacial score (nSPS) is 14.9. The molecular weight excluding hydrogens is 521 g/mol. The Kier molecular flexibility index (Phi) is 8.33. The highest BCUT2D eigenvalue weighted by molar-refractivity contribution is 7.99. The molecule has 0 saturated heterocycles. The molecule has 0 saturated carbocycles. The Bertz CT molecular complexity index is 1310. The van der Waals surface area contributed by atoms with E-state index in [1.807, 2.05) is 38.1 Å². The van der Waals surface area contributed by atoms with E-state index in [9.17, 15) is 4.79 Å². The molecule has 1 aliphatic rings. The first kappa shape index (κ1) is 26.2. The second kappa shape index (κ2) is 11.5. The number of aromatic nitrogens is 3. The number of anilines is 1. The van der Waals surface area contributed by atoms with Crippen molar-refractivity contribution in [3.63, 3.8) is 0 Å². The highest BCUT2D eigenvalue weighted by atomic mass is 35.5. The van der Waals surface area contributed by atoms with Crippen LogP contribution in [-0.4, -0.2) is 33.0 Å². The van der Waals surface area contributed by atoms with Crippen LogP contribution in [0.4, 0.5) is 5.95 Å². The van der Waals surface area contributed by atoms with Gasteiger partial charge in [0.25, 0.3) is 0 Å². The zero-order chi connectivity index (χ0) is 25.8. The Balaban J connectivity index is 1.69. The lowest BCUT2D eigenvalue weighted by molar-refractivity contribution is -0.115. The average Bonchev–Trinajstić information content (AvgIpc) is 3.25. The smallest absolute Gasteiger partial charge is 0.248 e. The van der Waals surface area contributed by atoms with Crippen LogP contribution in [0.3, 0.4) is 0 Å². The molecule has 1 atom stereocenters. The Morgan fingerprint density at radius 1 is 1.14 bits per heavy atom. The van der Waals surface area contributed by atoms with Gasteiger partial charge >= 0.3 is 0 Å². The first-order valence-electron chi connectivity index (χ1n) is 11.5. The van der Waals surface area contributed by atoms with E-state index in [1.54, 1.807) is 28.6 Å². The van der Waals surface area contributed by atoms with Crippen LogP contribution in [0.2, 0.25) is 10.0 Å². The number of allylic oxidation sites excluding steroid dienone is 1. The molecule has 0 radical (unpaired) electrons. The molecule has 1 aliphatic heterocycles. The number of ether oxygens (including phenoxy) is 2. The molecule has 2 heterocycles. The monoisotopic (exact) mass is 547 g/mol. The van der Waals surface area contributed by atoms with E-state index in [-0.39, 0.29) is 6.61 Å². The minimum absolute atomic E-state index is 0.278. The molecule has 11 heteroatoms. The van der Waals surface area contributed by atoms with Crippen molar-refractivity contribution in [2.75, 3.05) is 17.7 Å². The van der Waals surface area contributed by atoms with Crippen LogP contribution >= 0.6 is 35.0 Å². The molecule has 1 unspecified atom stereocenters. The molecule has 190 valence electrons. The quantitative estimate of drug-likeness (QED) is 0.307. The average molecular weight is 548 g/mol. The molecule has 2 aromatic carbocycles. The number of nitrogens with zero attached hydrogens (tertiary/aromatic N) is 3. The van der Waals surface area contributed by atoms with Crippen molar-refractivity contribution in [1.29, 1.82) is 0 Å². The van der Waals surface area contributed by atoms with Gasteiger partial charge in [-0.1, -0.05) is 54.0 Å². The van der Waals surface area contributed by atoms with Gasteiger partial charge in [-0.05, 0) is 55.7 Å². The molecule has 0 aliphatic carbocycles. The summed E-state index contributed by atoms with van der Waals surface area (Å²) in [4.78, 5) is 17.1. The molecule has 0 fully saturated rings. The second-order valence-electron chi connectivity index (χ2n) is 8.12. The molecule has 8 nitrogen and oxygen atoms in total. The largest absolute Gasteiger partial charge is 0.490 e. The fraction of sp³-hybridized carbons (Fsp3) is 0.320. The Morgan fingerprint density at radius 2 is 1.94 bits per heavy atom. The predicted molar refractivity (Wildman–Crippen MR) is 143 cm³/mol. The minimum atomic E-state index is -0.564. The predicted octanol–water partition coefficient (Wildman–Crippen LogP) is 5.84. The summed E-state index contributed by atoms with van der Waals surface area (Å²) in [5.41, 5.74) is 8.50. The van der Waals surface area contributed by atoms with Crippen LogP contribution in [0.1, 0.15) is 44.4 Å². The van der Waals surface area contributed by atoms with Gasteiger partial charge in [0.15, 0.2) is 11.5 Å². The van der Waals surface area contributed by atoms with Crippen molar-refractivity contribution in [3.05, 3.63) is 68.8 Å². The maximum absolute atomic E-state index is 12.5. The number of nitrogens with one attached hydrogen (secondary N) is 1. The fourth-order valence-electron chi connectivity index (χ4n) is 3.89. The zero-order valence-electron chi connectivity index (χ0n) is 20.2. The van der Waals surface area contributed by atoms with Gasteiger partial charge in [-0.25, -0.2) is 4.68 Å². The Morgan fingerprint density at radius 3 is 2.64 bits per heavy atom. The van der Waals surface area contributed by atoms with Crippen LogP contribution in [0, 0.1) is 0 Å². The molecule has 3 aromatic rings. The number of amides is 1. The standard InChI is InChI=1S/C25H27Cl2N5O3S/c1-4-10-36-25-30-24-29-14(3)21(23(28)33)22(32(24)31-25)16-7-9-19(20(12-16)34-5-2)35-13-15-6-8-17(26)18(27)11-15/h6-9,11-12,22H,4-5,10,13H2,1-3H3,(H2,28,33)(H,29,30,31). The van der Waals surface area contributed by atoms with Crippen molar-refractivity contribution in [2.45, 2.75) is 45.0 Å². The van der Waals surface area contributed by atoms with E-state index in [2.05, 4.69) is 22.3 Å². The number of rotatable bonds is 10. The van der Waals surface area contributed by atoms with E-state index >= 15 is 0 Å². The maximum Gasteiger partial charge on any atom is 0.248 e. The maximum atomic E-state index is 12.5. The van der Waals surface area contributed by atoms with Crippen molar-refractivity contribution < 1.29 is 14.3 Å². The number of thioether (sulfide) groups is 1. The number of benzene rings is 2. The molecule has 4 rings (SSSR count). The van der Waals surface area contributed by atoms with Crippen molar-refractivity contribution >= 4 is 46.8 Å². The summed E-state index contributed by atoms with van der Waals surface area (Å²) in [5, 5.41) is 9.42. The van der Waals surface area contributed by atoms with Crippen LogP contribution in [0.25, 0.3) is 0 Å². The van der Waals surface area contributed by atoms with E-state index in [4.69, 9.17) is 38.4 Å². The Hall–Kier alpha value is -2.88. The number of carbonyl (C=O) groups is 1. The van der Waals surface area contributed by atoms with Crippen LogP contribution in [-0.2, 0) is 11.4 Å². The lowest BCUT2D eigenvalue weighted by Crippen LogP contribution is -2.31. The fourth-order valence-corrected chi connectivity index (χ4v) is 4.89. The van der Waals surface area contributed by atoms with Crippen LogP contribution in [0.5, 0.6) is 11.5 Å². The number of fused-ring (bicyclic) bond motifs is 1. The van der Waals surface area contributed by atoms with Crippen LogP contribution in [0.15, 0.2) is 52.8 Å². The third-order valence-electron chi connectivity index (χ3n) is 5.50. The Labute approximate surface area is 224 Å². The third kappa shape index (κ3) is 5.58. The first-order chi connectivity index (χ1) is 17.3. The number of hydrogen-bond donors (Lipinski definition) is 2. The molecule has 0 bridgehead atoms. The van der Waals surface area contributed by atoms with Gasteiger partial charge in [0, 0.05) is 11.4 Å². The van der Waals surface area contributed by atoms with Gasteiger partial charge in [0.1, 0.15) is 12.6 Å². The van der Waals surface area contributed by atoms with Gasteiger partial charge in [-0.3, -0.25) is 4.79 Å². The molecule has 1 aromatic heterocycles. The lowest BCUT2D eigenvalue weighted by Gasteiger charge is -2.28. The first-order valence-corrected chi connectivity index (χ1v) is 13.3. The molecule has 1 amide bonds. The number of hydrogen-bond acceptors (Lipinski definition) is 7. The second-order valence-corrected chi connectivity index (χ2v) is 9.99. The van der Waals surface area contributed by atoms with E-state index < -0.39 is 11.9 Å². The lowest BCUT2D eigenvalue weighted by atomic mass is 9.95. The van der Waals surface area contributed by atoms with Crippen molar-refractivity contribution in [2.24, 2.45) is 5.73 Å². The van der Waals surface area contributed by atoms with Gasteiger partial charge in [-0.2, -0.15) is 4.98 Å². The third-order valence-corrected chi connectivity index (χ3v) is 7.28. The van der Waals surface area contributed by atoms with E-state index in [0.29, 0.717) is 50.5 Å². The summed E-state index contributed by atoms with van der Waals surface area (Å²) >= 11 is 13.7. The molecule has 3 N–H and O–H groups in total. The van der Waals surface area contributed by atoms with Crippen molar-refractivity contribution in [1.82, 2.24) is 14.8 Å². The summed E-state index contributed by atoms with van der Waals surface area (Å²) in [6.45, 7) is 6.51. The molecule has 0 spiro atoms. The zero-order valence-corrected chi connectivity index (χ0v) is 22.5. The minimum Gasteiger partial charge on any atom is -0.490 e. The summed E-state index contributed by atoms with van der Waals surface area (Å²) < 4.78 is 13.6. The number of carbonyl (C=O) groups excluding carboxylic acids is 1. The van der Waals surface area contributed by atoms with E-state index in [0.717, 1.165) is 23.3 Å². The van der Waals surface area contributed by atoms with E-state index in [1.165, 1.54) is 0 Å². The topological polar surface area (TPSA) is 104 Å². The highest BCUT2D eigenvalue weighted by Gasteiger charge is 2.34. The van der Waals surface area contributed by atoms with Gasteiger partial charge < -0.3 is 20.5 Å². The number of primary amides is 1. The van der Waals surface area contributed by atoms with Gasteiger partial charge in [-0.15, -0.1) is 5.10 Å². The molecular formula is C25H27Cl2N5O3S. The van der Waals surface area contributed by atoms with Crippen LogP contribution < -0.4 is 20.5 Å². The summed E-state index contributed by atoms with van der Waals surface area (Å²) in [5.74, 6) is 2.01. The summed E-state index contributed by atoms with van der Waals surface area (Å²) in [7, 11) is 0. The van der Waals surface area contributed by atoms with Gasteiger partial charge in [0.05, 0.1) is 22.2 Å². The molecule has 36 heavy (non-hydrogen) atoms. The van der Waals surface area contributed by atoms with Crippen molar-refractivity contribution in [3.8, 4) is 11.5 Å². The summed E-state index contributed by atoms with van der Waals surface area (Å²) in [6, 6.07) is 10.3. The highest BCUT2D eigenvalue weighted by Crippen LogP contribution is 2.39. The number of halogens is 2. The SMILES string of the molecule is CCCSc1nc2n(n1)C(c1ccc(OCc3ccc(Cl)c(Cl)c3)c(OCC)c1)C(C(N)=O)=C(C)N2.